The third-order valence-electron chi connectivity index (χ3n) is 2.63. The van der Waals surface area contributed by atoms with Gasteiger partial charge in [0.15, 0.2) is 0 Å². The second kappa shape index (κ2) is 7.88. The highest BCUT2D eigenvalue weighted by Gasteiger charge is 2.12. The summed E-state index contributed by atoms with van der Waals surface area (Å²) in [6, 6.07) is 5.89. The Morgan fingerprint density at radius 2 is 2.05 bits per heavy atom. The molecule has 2 N–H and O–H groups in total. The summed E-state index contributed by atoms with van der Waals surface area (Å²) >= 11 is 0. The van der Waals surface area contributed by atoms with Gasteiger partial charge in [0, 0.05) is 19.3 Å². The van der Waals surface area contributed by atoms with E-state index in [9.17, 15) is 14.4 Å². The third-order valence-corrected chi connectivity index (χ3v) is 2.63. The van der Waals surface area contributed by atoms with Gasteiger partial charge in [-0.1, -0.05) is 6.07 Å². The molecule has 0 aromatic heterocycles. The Kier molecular flexibility index (Phi) is 6.19. The number of ether oxygens (including phenoxy) is 1. The van der Waals surface area contributed by atoms with Gasteiger partial charge in [0.2, 0.25) is 0 Å². The molecule has 0 fully saturated rings. The summed E-state index contributed by atoms with van der Waals surface area (Å²) in [5, 5.41) is 11.2. The number of urea groups is 1. The van der Waals surface area contributed by atoms with E-state index in [2.05, 4.69) is 5.32 Å². The number of amides is 2. The van der Waals surface area contributed by atoms with Crippen molar-refractivity contribution in [1.82, 2.24) is 4.90 Å². The maximum absolute atomic E-state index is 11.8. The zero-order chi connectivity index (χ0) is 15.8. The number of rotatable bonds is 6. The number of carboxylic acids is 1. The zero-order valence-corrected chi connectivity index (χ0v) is 12.0. The number of hydrogen-bond donors (Lipinski definition) is 2. The molecule has 0 saturated heterocycles. The van der Waals surface area contributed by atoms with Crippen LogP contribution < -0.4 is 5.32 Å². The number of esters is 1. The minimum absolute atomic E-state index is 0.0960. The first-order valence-electron chi connectivity index (χ1n) is 6.45. The topological polar surface area (TPSA) is 95.9 Å². The Balaban J connectivity index is 2.65. The summed E-state index contributed by atoms with van der Waals surface area (Å²) in [6.07, 6.45) is -0.132. The van der Waals surface area contributed by atoms with E-state index >= 15 is 0 Å². The fourth-order valence-corrected chi connectivity index (χ4v) is 1.52. The van der Waals surface area contributed by atoms with Crippen LogP contribution in [0.2, 0.25) is 0 Å². The van der Waals surface area contributed by atoms with E-state index in [1.807, 2.05) is 0 Å². The van der Waals surface area contributed by atoms with Crippen LogP contribution in [-0.4, -0.2) is 48.2 Å². The standard InChI is InChI=1S/C14H18N2O5/c1-3-21-13(19)10-5-4-6-11(9-10)15-14(20)16(2)8-7-12(17)18/h4-6,9H,3,7-8H2,1-2H3,(H,15,20)(H,17,18). The average molecular weight is 294 g/mol. The Hall–Kier alpha value is -2.57. The molecule has 0 spiro atoms. The van der Waals surface area contributed by atoms with Gasteiger partial charge in [-0.15, -0.1) is 0 Å². The number of carbonyl (C=O) groups is 3. The highest BCUT2D eigenvalue weighted by atomic mass is 16.5. The lowest BCUT2D eigenvalue weighted by molar-refractivity contribution is -0.137. The number of anilines is 1. The summed E-state index contributed by atoms with van der Waals surface area (Å²) < 4.78 is 4.87. The number of carboxylic acid groups (broad SMARTS) is 1. The molecule has 1 rings (SSSR count). The highest BCUT2D eigenvalue weighted by Crippen LogP contribution is 2.12. The van der Waals surface area contributed by atoms with E-state index in [0.29, 0.717) is 11.3 Å². The minimum Gasteiger partial charge on any atom is -0.481 e. The van der Waals surface area contributed by atoms with Crippen molar-refractivity contribution < 1.29 is 24.2 Å². The van der Waals surface area contributed by atoms with Gasteiger partial charge in [-0.25, -0.2) is 9.59 Å². The van der Waals surface area contributed by atoms with Crippen molar-refractivity contribution in [3.05, 3.63) is 29.8 Å². The van der Waals surface area contributed by atoms with Gasteiger partial charge in [-0.3, -0.25) is 4.79 Å². The Morgan fingerprint density at radius 3 is 2.67 bits per heavy atom. The lowest BCUT2D eigenvalue weighted by atomic mass is 10.2. The summed E-state index contributed by atoms with van der Waals surface area (Å²) in [4.78, 5) is 35.1. The molecule has 114 valence electrons. The summed E-state index contributed by atoms with van der Waals surface area (Å²) in [5.41, 5.74) is 0.774. The first-order chi connectivity index (χ1) is 9.93. The van der Waals surface area contributed by atoms with Crippen LogP contribution in [0, 0.1) is 0 Å². The lowest BCUT2D eigenvalue weighted by Gasteiger charge is -2.17. The Morgan fingerprint density at radius 1 is 1.33 bits per heavy atom. The molecule has 0 heterocycles. The number of nitrogens with one attached hydrogen (secondary N) is 1. The van der Waals surface area contributed by atoms with Gasteiger partial charge in [0.25, 0.3) is 0 Å². The predicted octanol–water partition coefficient (Wildman–Crippen LogP) is 1.80. The highest BCUT2D eigenvalue weighted by molar-refractivity contribution is 5.93. The molecule has 0 aliphatic carbocycles. The third kappa shape index (κ3) is 5.52. The van der Waals surface area contributed by atoms with Crippen molar-refractivity contribution in [3.8, 4) is 0 Å². The van der Waals surface area contributed by atoms with Crippen LogP contribution in [0.15, 0.2) is 24.3 Å². The van der Waals surface area contributed by atoms with Gasteiger partial charge >= 0.3 is 18.0 Å². The second-order valence-electron chi connectivity index (χ2n) is 4.30. The number of benzene rings is 1. The molecule has 0 aliphatic heterocycles. The van der Waals surface area contributed by atoms with Crippen LogP contribution in [0.5, 0.6) is 0 Å². The molecule has 0 atom stereocenters. The molecule has 0 bridgehead atoms. The van der Waals surface area contributed by atoms with Crippen molar-refractivity contribution in [2.24, 2.45) is 0 Å². The van der Waals surface area contributed by atoms with Gasteiger partial charge < -0.3 is 20.1 Å². The second-order valence-corrected chi connectivity index (χ2v) is 4.30. The van der Waals surface area contributed by atoms with Crippen LogP contribution in [0.3, 0.4) is 0 Å². The molecule has 21 heavy (non-hydrogen) atoms. The monoisotopic (exact) mass is 294 g/mol. The number of aliphatic carboxylic acids is 1. The quantitative estimate of drug-likeness (QED) is 0.780. The van der Waals surface area contributed by atoms with E-state index < -0.39 is 18.0 Å². The molecule has 7 heteroatoms. The maximum atomic E-state index is 11.8. The molecule has 0 aliphatic rings. The van der Waals surface area contributed by atoms with Crippen LogP contribution >= 0.6 is 0 Å². The van der Waals surface area contributed by atoms with E-state index in [1.54, 1.807) is 25.1 Å². The first kappa shape index (κ1) is 16.5. The molecule has 0 saturated carbocycles. The average Bonchev–Trinajstić information content (AvgIpc) is 2.45. The first-order valence-corrected chi connectivity index (χ1v) is 6.45. The Bertz CT molecular complexity index is 530. The van der Waals surface area contributed by atoms with Gasteiger partial charge in [-0.05, 0) is 25.1 Å². The van der Waals surface area contributed by atoms with Crippen molar-refractivity contribution >= 4 is 23.7 Å². The minimum atomic E-state index is -0.973. The molecule has 0 radical (unpaired) electrons. The fraction of sp³-hybridized carbons (Fsp3) is 0.357. The van der Waals surface area contributed by atoms with Crippen LogP contribution in [0.4, 0.5) is 10.5 Å². The Labute approximate surface area is 122 Å². The van der Waals surface area contributed by atoms with Crippen molar-refractivity contribution in [2.45, 2.75) is 13.3 Å². The summed E-state index contributed by atoms with van der Waals surface area (Å²) in [7, 11) is 1.49. The van der Waals surface area contributed by atoms with Crippen LogP contribution in [0.25, 0.3) is 0 Å². The van der Waals surface area contributed by atoms with Crippen molar-refractivity contribution in [1.29, 1.82) is 0 Å². The van der Waals surface area contributed by atoms with E-state index in [1.165, 1.54) is 18.0 Å². The van der Waals surface area contributed by atoms with Gasteiger partial charge in [-0.2, -0.15) is 0 Å². The lowest BCUT2D eigenvalue weighted by Crippen LogP contribution is -2.33. The smallest absolute Gasteiger partial charge is 0.338 e. The van der Waals surface area contributed by atoms with E-state index in [-0.39, 0.29) is 19.6 Å². The van der Waals surface area contributed by atoms with Crippen molar-refractivity contribution in [2.75, 3.05) is 25.5 Å². The van der Waals surface area contributed by atoms with Gasteiger partial charge in [0.05, 0.1) is 18.6 Å². The van der Waals surface area contributed by atoms with E-state index in [0.717, 1.165) is 0 Å². The molecule has 0 unspecified atom stereocenters. The molecule has 1 aromatic carbocycles. The summed E-state index contributed by atoms with van der Waals surface area (Å²) in [6.45, 7) is 2.08. The molecule has 1 aromatic rings. The van der Waals surface area contributed by atoms with Crippen molar-refractivity contribution in [3.63, 3.8) is 0 Å². The molecule has 2 amide bonds. The number of carbonyl (C=O) groups excluding carboxylic acids is 2. The largest absolute Gasteiger partial charge is 0.481 e. The predicted molar refractivity (Wildman–Crippen MR) is 76.3 cm³/mol. The van der Waals surface area contributed by atoms with Gasteiger partial charge in [0.1, 0.15) is 0 Å². The normalized spacial score (nSPS) is 9.81. The maximum Gasteiger partial charge on any atom is 0.338 e. The van der Waals surface area contributed by atoms with Crippen LogP contribution in [0.1, 0.15) is 23.7 Å². The van der Waals surface area contributed by atoms with Crippen LogP contribution in [-0.2, 0) is 9.53 Å². The summed E-state index contributed by atoms with van der Waals surface area (Å²) in [5.74, 6) is -1.44. The SMILES string of the molecule is CCOC(=O)c1cccc(NC(=O)N(C)CCC(=O)O)c1. The molecule has 7 nitrogen and oxygen atoms in total. The fourth-order valence-electron chi connectivity index (χ4n) is 1.52. The molecular weight excluding hydrogens is 276 g/mol. The van der Waals surface area contributed by atoms with E-state index in [4.69, 9.17) is 9.84 Å². The number of nitrogens with zero attached hydrogens (tertiary/aromatic N) is 1. The molecular formula is C14H18N2O5. The zero-order valence-electron chi connectivity index (χ0n) is 12.0. The number of hydrogen-bond acceptors (Lipinski definition) is 4.